The summed E-state index contributed by atoms with van der Waals surface area (Å²) in [6, 6.07) is 20.5. The Morgan fingerprint density at radius 3 is 2.36 bits per heavy atom. The molecule has 0 unspecified atom stereocenters. The first-order chi connectivity index (χ1) is 16.1. The normalized spacial score (nSPS) is 11.7. The standard InChI is InChI=1S/C24H23N5O3S/c1-16-19(13-14-32-16)21-27-28-24(29(21)15-17-9-5-3-6-10-17)33-20(18-11-7-4-8-12-18)22(30)26-23(31)25-2/h3-14,20H,15H2,1-2H3,(H2,25,26,30,31)/t20-/m0/s1. The van der Waals surface area contributed by atoms with Crippen molar-refractivity contribution in [3.63, 3.8) is 0 Å². The Kier molecular flexibility index (Phi) is 6.89. The summed E-state index contributed by atoms with van der Waals surface area (Å²) in [5.74, 6) is 0.928. The lowest BCUT2D eigenvalue weighted by atomic mass is 10.1. The summed E-state index contributed by atoms with van der Waals surface area (Å²) in [5.41, 5.74) is 2.64. The van der Waals surface area contributed by atoms with Gasteiger partial charge in [-0.1, -0.05) is 72.4 Å². The summed E-state index contributed by atoms with van der Waals surface area (Å²) >= 11 is 1.24. The van der Waals surface area contributed by atoms with E-state index in [4.69, 9.17) is 4.42 Å². The third-order valence-electron chi connectivity index (χ3n) is 5.03. The van der Waals surface area contributed by atoms with E-state index in [0.717, 1.165) is 22.5 Å². The van der Waals surface area contributed by atoms with Crippen molar-refractivity contribution in [1.82, 2.24) is 25.4 Å². The number of aryl methyl sites for hydroxylation is 1. The molecule has 2 aromatic carbocycles. The van der Waals surface area contributed by atoms with Crippen LogP contribution in [0.1, 0.15) is 22.1 Å². The molecule has 0 spiro atoms. The highest BCUT2D eigenvalue weighted by atomic mass is 32.2. The molecule has 33 heavy (non-hydrogen) atoms. The van der Waals surface area contributed by atoms with Crippen molar-refractivity contribution in [2.45, 2.75) is 23.9 Å². The number of amides is 3. The van der Waals surface area contributed by atoms with E-state index in [1.165, 1.54) is 18.8 Å². The Morgan fingerprint density at radius 2 is 1.73 bits per heavy atom. The average molecular weight is 462 g/mol. The molecule has 0 aliphatic heterocycles. The van der Waals surface area contributed by atoms with Gasteiger partial charge in [-0.25, -0.2) is 4.79 Å². The summed E-state index contributed by atoms with van der Waals surface area (Å²) < 4.78 is 7.44. The number of carbonyl (C=O) groups excluding carboxylic acids is 2. The summed E-state index contributed by atoms with van der Waals surface area (Å²) in [6.07, 6.45) is 1.61. The molecule has 8 nitrogen and oxygen atoms in total. The second-order valence-corrected chi connectivity index (χ2v) is 8.32. The largest absolute Gasteiger partial charge is 0.469 e. The van der Waals surface area contributed by atoms with Crippen LogP contribution in [0.3, 0.4) is 0 Å². The van der Waals surface area contributed by atoms with Crippen molar-refractivity contribution >= 4 is 23.7 Å². The molecule has 0 saturated heterocycles. The predicted molar refractivity (Wildman–Crippen MR) is 126 cm³/mol. The maximum atomic E-state index is 13.0. The second kappa shape index (κ2) is 10.2. The maximum absolute atomic E-state index is 13.0. The molecule has 4 aromatic rings. The van der Waals surface area contributed by atoms with E-state index in [1.54, 1.807) is 6.26 Å². The molecule has 3 amide bonds. The number of benzene rings is 2. The van der Waals surface area contributed by atoms with Gasteiger partial charge in [0.1, 0.15) is 11.0 Å². The van der Waals surface area contributed by atoms with Crippen LogP contribution in [0.4, 0.5) is 4.79 Å². The van der Waals surface area contributed by atoms with Gasteiger partial charge in [-0.15, -0.1) is 10.2 Å². The van der Waals surface area contributed by atoms with Crippen molar-refractivity contribution < 1.29 is 14.0 Å². The summed E-state index contributed by atoms with van der Waals surface area (Å²) in [4.78, 5) is 24.8. The summed E-state index contributed by atoms with van der Waals surface area (Å²) in [6.45, 7) is 2.38. The molecule has 0 radical (unpaired) electrons. The lowest BCUT2D eigenvalue weighted by Crippen LogP contribution is -2.39. The number of aromatic nitrogens is 3. The van der Waals surface area contributed by atoms with Crippen molar-refractivity contribution in [2.24, 2.45) is 0 Å². The molecular weight excluding hydrogens is 438 g/mol. The molecule has 0 saturated carbocycles. The van der Waals surface area contributed by atoms with Gasteiger partial charge in [-0.2, -0.15) is 0 Å². The van der Waals surface area contributed by atoms with E-state index >= 15 is 0 Å². The number of thioether (sulfide) groups is 1. The minimum Gasteiger partial charge on any atom is -0.469 e. The smallest absolute Gasteiger partial charge is 0.321 e. The van der Waals surface area contributed by atoms with Crippen molar-refractivity contribution in [2.75, 3.05) is 7.05 Å². The Labute approximate surface area is 195 Å². The highest BCUT2D eigenvalue weighted by Crippen LogP contribution is 2.37. The number of rotatable bonds is 7. The molecule has 2 aromatic heterocycles. The first-order valence-corrected chi connectivity index (χ1v) is 11.2. The highest BCUT2D eigenvalue weighted by molar-refractivity contribution is 8.00. The predicted octanol–water partition coefficient (Wildman–Crippen LogP) is 4.18. The minimum atomic E-state index is -0.708. The first-order valence-electron chi connectivity index (χ1n) is 10.3. The molecule has 168 valence electrons. The number of nitrogens with zero attached hydrogens (tertiary/aromatic N) is 3. The molecule has 0 aliphatic carbocycles. The fourth-order valence-corrected chi connectivity index (χ4v) is 4.38. The molecule has 0 bridgehead atoms. The quantitative estimate of drug-likeness (QED) is 0.400. The maximum Gasteiger partial charge on any atom is 0.321 e. The number of nitrogens with one attached hydrogen (secondary N) is 2. The van der Waals surface area contributed by atoms with Gasteiger partial charge in [0.15, 0.2) is 11.0 Å². The topological polar surface area (TPSA) is 102 Å². The van der Waals surface area contributed by atoms with Crippen LogP contribution < -0.4 is 10.6 Å². The van der Waals surface area contributed by atoms with Crippen molar-refractivity contribution in [1.29, 1.82) is 0 Å². The zero-order valence-electron chi connectivity index (χ0n) is 18.2. The summed E-state index contributed by atoms with van der Waals surface area (Å²) in [7, 11) is 1.46. The Balaban J connectivity index is 1.74. The minimum absolute atomic E-state index is 0.444. The zero-order chi connectivity index (χ0) is 23.2. The SMILES string of the molecule is CNC(=O)NC(=O)[C@@H](Sc1nnc(-c2ccoc2C)n1Cc1ccccc1)c1ccccc1. The molecule has 1 atom stereocenters. The molecule has 0 fully saturated rings. The lowest BCUT2D eigenvalue weighted by molar-refractivity contribution is -0.119. The van der Waals surface area contributed by atoms with Crippen LogP contribution in [0.2, 0.25) is 0 Å². The number of imide groups is 1. The molecule has 0 aliphatic rings. The van der Waals surface area contributed by atoms with Gasteiger partial charge in [-0.3, -0.25) is 14.7 Å². The number of furan rings is 1. The molecule has 2 N–H and O–H groups in total. The molecule has 2 heterocycles. The van der Waals surface area contributed by atoms with E-state index in [-0.39, 0.29) is 0 Å². The van der Waals surface area contributed by atoms with E-state index in [0.29, 0.717) is 17.5 Å². The second-order valence-electron chi connectivity index (χ2n) is 7.25. The fraction of sp³-hybridized carbons (Fsp3) is 0.167. The van der Waals surface area contributed by atoms with Crippen LogP contribution in [-0.2, 0) is 11.3 Å². The zero-order valence-corrected chi connectivity index (χ0v) is 19.0. The van der Waals surface area contributed by atoms with Gasteiger partial charge in [0.2, 0.25) is 5.91 Å². The van der Waals surface area contributed by atoms with Gasteiger partial charge in [0, 0.05) is 7.05 Å². The summed E-state index contributed by atoms with van der Waals surface area (Å²) in [5, 5.41) is 13.5. The van der Waals surface area contributed by atoms with Crippen molar-refractivity contribution in [3.05, 3.63) is 89.9 Å². The van der Waals surface area contributed by atoms with Crippen molar-refractivity contribution in [3.8, 4) is 11.4 Å². The van der Waals surface area contributed by atoms with Crippen LogP contribution in [0.5, 0.6) is 0 Å². The van der Waals surface area contributed by atoms with Crippen LogP contribution in [0.25, 0.3) is 11.4 Å². The average Bonchev–Trinajstić information content (AvgIpc) is 3.43. The number of hydrogen-bond donors (Lipinski definition) is 2. The van der Waals surface area contributed by atoms with E-state index in [9.17, 15) is 9.59 Å². The van der Waals surface area contributed by atoms with Crippen LogP contribution >= 0.6 is 11.8 Å². The van der Waals surface area contributed by atoms with Gasteiger partial charge >= 0.3 is 6.03 Å². The van der Waals surface area contributed by atoms with Gasteiger partial charge in [0.05, 0.1) is 18.4 Å². The highest BCUT2D eigenvalue weighted by Gasteiger charge is 2.27. The lowest BCUT2D eigenvalue weighted by Gasteiger charge is -2.17. The van der Waals surface area contributed by atoms with Crippen LogP contribution in [0.15, 0.2) is 82.6 Å². The molecule has 9 heteroatoms. The monoisotopic (exact) mass is 461 g/mol. The molecular formula is C24H23N5O3S. The van der Waals surface area contributed by atoms with E-state index < -0.39 is 17.2 Å². The third-order valence-corrected chi connectivity index (χ3v) is 6.26. The molecule has 4 rings (SSSR count). The first kappa shape index (κ1) is 22.3. The van der Waals surface area contributed by atoms with Crippen LogP contribution in [-0.4, -0.2) is 33.8 Å². The third kappa shape index (κ3) is 5.15. The fourth-order valence-electron chi connectivity index (χ4n) is 3.35. The van der Waals surface area contributed by atoms with Gasteiger partial charge in [-0.05, 0) is 24.1 Å². The number of hydrogen-bond acceptors (Lipinski definition) is 6. The van der Waals surface area contributed by atoms with Gasteiger partial charge in [0.25, 0.3) is 0 Å². The van der Waals surface area contributed by atoms with Crippen LogP contribution in [0, 0.1) is 6.92 Å². The van der Waals surface area contributed by atoms with Gasteiger partial charge < -0.3 is 9.73 Å². The number of urea groups is 1. The Morgan fingerprint density at radius 1 is 1.03 bits per heavy atom. The van der Waals surface area contributed by atoms with E-state index in [1.807, 2.05) is 78.2 Å². The van der Waals surface area contributed by atoms with E-state index in [2.05, 4.69) is 20.8 Å². The number of carbonyl (C=O) groups is 2. The Bertz CT molecular complexity index is 1240. The Hall–Kier alpha value is -3.85.